The van der Waals surface area contributed by atoms with Gasteiger partial charge in [-0.3, -0.25) is 4.79 Å². The van der Waals surface area contributed by atoms with E-state index in [1.54, 1.807) is 19.4 Å². The average Bonchev–Trinajstić information content (AvgIpc) is 2.40. The Morgan fingerprint density at radius 2 is 1.95 bits per heavy atom. The minimum atomic E-state index is -0.368. The largest absolute Gasteiger partial charge is 0.496 e. The molecule has 96 valence electrons. The van der Waals surface area contributed by atoms with Crippen LogP contribution in [-0.2, 0) is 0 Å². The van der Waals surface area contributed by atoms with Crippen LogP contribution in [0.15, 0.2) is 29.2 Å². The van der Waals surface area contributed by atoms with Crippen LogP contribution >= 0.6 is 0 Å². The van der Waals surface area contributed by atoms with Crippen molar-refractivity contribution in [1.29, 1.82) is 5.26 Å². The summed E-state index contributed by atoms with van der Waals surface area (Å²) in [7, 11) is 1.62. The second-order valence-electron chi connectivity index (χ2n) is 4.34. The summed E-state index contributed by atoms with van der Waals surface area (Å²) in [6.45, 7) is 3.86. The molecule has 0 saturated heterocycles. The third-order valence-electron chi connectivity index (χ3n) is 3.10. The van der Waals surface area contributed by atoms with Gasteiger partial charge in [0.1, 0.15) is 17.4 Å². The predicted octanol–water partition coefficient (Wildman–Crippen LogP) is 2.54. The SMILES string of the molecule is COc1cc(C)c(-c2cc[nH]c(=O)c2C#N)cc1C. The van der Waals surface area contributed by atoms with Gasteiger partial charge in [-0.05, 0) is 48.7 Å². The Bertz CT molecular complexity index is 724. The highest BCUT2D eigenvalue weighted by atomic mass is 16.5. The number of methoxy groups -OCH3 is 1. The van der Waals surface area contributed by atoms with Crippen molar-refractivity contribution in [3.8, 4) is 22.9 Å². The number of aromatic nitrogens is 1. The fourth-order valence-corrected chi connectivity index (χ4v) is 2.11. The molecule has 0 amide bonds. The van der Waals surface area contributed by atoms with Crippen LogP contribution in [0.1, 0.15) is 16.7 Å². The first kappa shape index (κ1) is 12.9. The molecule has 2 aromatic rings. The van der Waals surface area contributed by atoms with Crippen LogP contribution in [0.5, 0.6) is 5.75 Å². The zero-order chi connectivity index (χ0) is 14.0. The lowest BCUT2D eigenvalue weighted by molar-refractivity contribution is 0.411. The van der Waals surface area contributed by atoms with Crippen LogP contribution in [0, 0.1) is 25.2 Å². The highest BCUT2D eigenvalue weighted by molar-refractivity contribution is 5.74. The van der Waals surface area contributed by atoms with Crippen molar-refractivity contribution in [1.82, 2.24) is 4.98 Å². The Kier molecular flexibility index (Phi) is 3.39. The van der Waals surface area contributed by atoms with Gasteiger partial charge in [0.05, 0.1) is 7.11 Å². The van der Waals surface area contributed by atoms with Gasteiger partial charge in [0.25, 0.3) is 5.56 Å². The van der Waals surface area contributed by atoms with E-state index in [1.165, 1.54) is 0 Å². The van der Waals surface area contributed by atoms with E-state index in [-0.39, 0.29) is 11.1 Å². The van der Waals surface area contributed by atoms with Gasteiger partial charge in [0.15, 0.2) is 0 Å². The summed E-state index contributed by atoms with van der Waals surface area (Å²) >= 11 is 0. The van der Waals surface area contributed by atoms with Gasteiger partial charge in [0.2, 0.25) is 0 Å². The molecule has 4 nitrogen and oxygen atoms in total. The average molecular weight is 254 g/mol. The first-order valence-corrected chi connectivity index (χ1v) is 5.86. The lowest BCUT2D eigenvalue weighted by atomic mass is 9.95. The molecule has 0 spiro atoms. The van der Waals surface area contributed by atoms with Crippen molar-refractivity contribution < 1.29 is 4.74 Å². The van der Waals surface area contributed by atoms with Crippen molar-refractivity contribution in [2.75, 3.05) is 7.11 Å². The molecule has 0 saturated carbocycles. The summed E-state index contributed by atoms with van der Waals surface area (Å²) in [6, 6.07) is 7.55. The van der Waals surface area contributed by atoms with Crippen LogP contribution in [0.4, 0.5) is 0 Å². The molecule has 2 rings (SSSR count). The first-order valence-electron chi connectivity index (χ1n) is 5.86. The van der Waals surface area contributed by atoms with Crippen molar-refractivity contribution in [3.05, 3.63) is 51.4 Å². The molecule has 0 aliphatic carbocycles. The second-order valence-corrected chi connectivity index (χ2v) is 4.34. The molecule has 0 radical (unpaired) electrons. The Labute approximate surface area is 111 Å². The maximum atomic E-state index is 11.7. The number of ether oxygens (including phenoxy) is 1. The fraction of sp³-hybridized carbons (Fsp3) is 0.200. The number of rotatable bonds is 2. The molecule has 0 unspecified atom stereocenters. The maximum absolute atomic E-state index is 11.7. The second kappa shape index (κ2) is 4.99. The summed E-state index contributed by atoms with van der Waals surface area (Å²) in [4.78, 5) is 14.2. The molecular weight excluding hydrogens is 240 g/mol. The van der Waals surface area contributed by atoms with Crippen LogP contribution < -0.4 is 10.3 Å². The van der Waals surface area contributed by atoms with Gasteiger partial charge in [-0.2, -0.15) is 5.26 Å². The number of hydrogen-bond donors (Lipinski definition) is 1. The van der Waals surface area contributed by atoms with E-state index >= 15 is 0 Å². The quantitative estimate of drug-likeness (QED) is 0.895. The van der Waals surface area contributed by atoms with Crippen LogP contribution in [-0.4, -0.2) is 12.1 Å². The van der Waals surface area contributed by atoms with Gasteiger partial charge in [-0.1, -0.05) is 0 Å². The summed E-state index contributed by atoms with van der Waals surface area (Å²) < 4.78 is 5.26. The Hall–Kier alpha value is -2.54. The standard InChI is InChI=1S/C15H14N2O2/c1-9-7-14(19-3)10(2)6-12(9)11-4-5-17-15(18)13(11)8-16/h4-7H,1-3H3,(H,17,18). The molecule has 1 aromatic heterocycles. The Balaban J connectivity index is 2.74. The molecule has 19 heavy (non-hydrogen) atoms. The first-order chi connectivity index (χ1) is 9.08. The lowest BCUT2D eigenvalue weighted by Gasteiger charge is -2.12. The molecule has 0 aliphatic rings. The van der Waals surface area contributed by atoms with Crippen molar-refractivity contribution in [2.24, 2.45) is 0 Å². The molecule has 0 atom stereocenters. The van der Waals surface area contributed by atoms with Gasteiger partial charge < -0.3 is 9.72 Å². The minimum absolute atomic E-state index is 0.134. The lowest BCUT2D eigenvalue weighted by Crippen LogP contribution is -2.10. The molecule has 0 bridgehead atoms. The van der Waals surface area contributed by atoms with Gasteiger partial charge in [-0.25, -0.2) is 0 Å². The monoisotopic (exact) mass is 254 g/mol. The summed E-state index contributed by atoms with van der Waals surface area (Å²) in [5, 5.41) is 9.13. The molecule has 1 heterocycles. The van der Waals surface area contributed by atoms with Crippen molar-refractivity contribution in [3.63, 3.8) is 0 Å². The molecule has 1 N–H and O–H groups in total. The minimum Gasteiger partial charge on any atom is -0.496 e. The van der Waals surface area contributed by atoms with E-state index in [2.05, 4.69) is 4.98 Å². The van der Waals surface area contributed by atoms with Crippen molar-refractivity contribution >= 4 is 0 Å². The van der Waals surface area contributed by atoms with E-state index in [0.717, 1.165) is 22.4 Å². The number of aryl methyl sites for hydroxylation is 2. The van der Waals surface area contributed by atoms with Gasteiger partial charge >= 0.3 is 0 Å². The number of H-pyrrole nitrogens is 1. The number of hydrogen-bond acceptors (Lipinski definition) is 3. The molecular formula is C15H14N2O2. The summed E-state index contributed by atoms with van der Waals surface area (Å²) in [5.74, 6) is 0.796. The number of aromatic amines is 1. The topological polar surface area (TPSA) is 65.9 Å². The van der Waals surface area contributed by atoms with Crippen LogP contribution in [0.25, 0.3) is 11.1 Å². The normalized spacial score (nSPS) is 10.0. The smallest absolute Gasteiger partial charge is 0.266 e. The number of nitrogens with zero attached hydrogens (tertiary/aromatic N) is 1. The Morgan fingerprint density at radius 3 is 2.58 bits per heavy atom. The molecule has 0 aliphatic heterocycles. The highest BCUT2D eigenvalue weighted by Crippen LogP contribution is 2.30. The van der Waals surface area contributed by atoms with Gasteiger partial charge in [0, 0.05) is 11.8 Å². The summed E-state index contributed by atoms with van der Waals surface area (Å²) in [5.41, 5.74) is 3.22. The number of benzene rings is 1. The number of nitrogens with one attached hydrogen (secondary N) is 1. The zero-order valence-corrected chi connectivity index (χ0v) is 11.1. The highest BCUT2D eigenvalue weighted by Gasteiger charge is 2.12. The number of nitriles is 1. The molecule has 1 aromatic carbocycles. The third kappa shape index (κ3) is 2.23. The molecule has 0 fully saturated rings. The van der Waals surface area contributed by atoms with E-state index in [1.807, 2.05) is 32.0 Å². The predicted molar refractivity (Wildman–Crippen MR) is 73.2 cm³/mol. The van der Waals surface area contributed by atoms with Crippen molar-refractivity contribution in [2.45, 2.75) is 13.8 Å². The Morgan fingerprint density at radius 1 is 1.21 bits per heavy atom. The third-order valence-corrected chi connectivity index (χ3v) is 3.10. The van der Waals surface area contributed by atoms with E-state index in [4.69, 9.17) is 10.00 Å². The number of pyridine rings is 1. The zero-order valence-electron chi connectivity index (χ0n) is 11.1. The van der Waals surface area contributed by atoms with Crippen LogP contribution in [0.3, 0.4) is 0 Å². The van der Waals surface area contributed by atoms with E-state index < -0.39 is 0 Å². The summed E-state index contributed by atoms with van der Waals surface area (Å²) in [6.07, 6.45) is 1.55. The maximum Gasteiger partial charge on any atom is 0.266 e. The van der Waals surface area contributed by atoms with E-state index in [0.29, 0.717) is 5.56 Å². The van der Waals surface area contributed by atoms with E-state index in [9.17, 15) is 4.79 Å². The van der Waals surface area contributed by atoms with Gasteiger partial charge in [-0.15, -0.1) is 0 Å². The van der Waals surface area contributed by atoms with Crippen LogP contribution in [0.2, 0.25) is 0 Å². The molecule has 4 heteroatoms. The fourth-order valence-electron chi connectivity index (χ4n) is 2.11.